The SMILES string of the molecule is CCCC(=O)N1CCOC(Cc2ccccc2-c2ccc(F)cc2)(C(=O)NC)C1. The summed E-state index contributed by atoms with van der Waals surface area (Å²) in [5, 5.41) is 2.70. The van der Waals surface area contributed by atoms with E-state index in [2.05, 4.69) is 5.32 Å². The van der Waals surface area contributed by atoms with Crippen LogP contribution >= 0.6 is 0 Å². The fraction of sp³-hybridized carbons (Fsp3) is 0.391. The van der Waals surface area contributed by atoms with E-state index >= 15 is 0 Å². The summed E-state index contributed by atoms with van der Waals surface area (Å²) in [5.41, 5.74) is 1.53. The van der Waals surface area contributed by atoms with Crippen LogP contribution in [0.2, 0.25) is 0 Å². The van der Waals surface area contributed by atoms with Crippen LogP contribution in [0.5, 0.6) is 0 Å². The van der Waals surface area contributed by atoms with Crippen LogP contribution in [0.3, 0.4) is 0 Å². The van der Waals surface area contributed by atoms with Crippen LogP contribution in [0.4, 0.5) is 4.39 Å². The Hall–Kier alpha value is -2.73. The number of ether oxygens (including phenoxy) is 1. The summed E-state index contributed by atoms with van der Waals surface area (Å²) in [6.45, 7) is 2.96. The van der Waals surface area contributed by atoms with Crippen molar-refractivity contribution < 1.29 is 18.7 Å². The van der Waals surface area contributed by atoms with Gasteiger partial charge in [-0.25, -0.2) is 4.39 Å². The Labute approximate surface area is 170 Å². The van der Waals surface area contributed by atoms with Gasteiger partial charge in [0.15, 0.2) is 5.60 Å². The van der Waals surface area contributed by atoms with Crippen LogP contribution in [0, 0.1) is 5.82 Å². The standard InChI is InChI=1S/C23H27FN2O3/c1-3-6-21(27)26-13-14-29-23(16-26,22(28)25-2)15-18-7-4-5-8-20(18)17-9-11-19(24)12-10-17/h4-5,7-12H,3,6,13-16H2,1-2H3,(H,25,28). The molecule has 0 spiro atoms. The molecule has 0 radical (unpaired) electrons. The van der Waals surface area contributed by atoms with Crippen molar-refractivity contribution in [3.63, 3.8) is 0 Å². The van der Waals surface area contributed by atoms with Crippen LogP contribution < -0.4 is 5.32 Å². The Bertz CT molecular complexity index is 869. The van der Waals surface area contributed by atoms with Crippen LogP contribution in [0.15, 0.2) is 48.5 Å². The lowest BCUT2D eigenvalue weighted by Crippen LogP contribution is -2.61. The first-order chi connectivity index (χ1) is 14.0. The zero-order valence-corrected chi connectivity index (χ0v) is 16.9. The van der Waals surface area contributed by atoms with E-state index in [1.54, 1.807) is 24.1 Å². The molecule has 1 saturated heterocycles. The van der Waals surface area contributed by atoms with Gasteiger partial charge < -0.3 is 15.0 Å². The van der Waals surface area contributed by atoms with Crippen LogP contribution in [-0.2, 0) is 20.7 Å². The van der Waals surface area contributed by atoms with E-state index in [-0.39, 0.29) is 24.2 Å². The van der Waals surface area contributed by atoms with E-state index in [1.165, 1.54) is 12.1 Å². The Morgan fingerprint density at radius 3 is 2.59 bits per heavy atom. The van der Waals surface area contributed by atoms with Crippen molar-refractivity contribution in [2.24, 2.45) is 0 Å². The number of morpholine rings is 1. The first-order valence-electron chi connectivity index (χ1n) is 9.97. The van der Waals surface area contributed by atoms with Crippen molar-refractivity contribution in [2.75, 3.05) is 26.7 Å². The third kappa shape index (κ3) is 4.65. The van der Waals surface area contributed by atoms with E-state index in [0.29, 0.717) is 26.0 Å². The number of benzene rings is 2. The molecule has 6 heteroatoms. The Morgan fingerprint density at radius 2 is 1.90 bits per heavy atom. The fourth-order valence-electron chi connectivity index (χ4n) is 3.81. The average Bonchev–Trinajstić information content (AvgIpc) is 2.74. The van der Waals surface area contributed by atoms with Gasteiger partial charge in [0.05, 0.1) is 13.2 Å². The number of carbonyl (C=O) groups excluding carboxylic acids is 2. The molecule has 1 heterocycles. The van der Waals surface area contributed by atoms with Crippen molar-refractivity contribution in [3.8, 4) is 11.1 Å². The molecule has 1 unspecified atom stereocenters. The second-order valence-corrected chi connectivity index (χ2v) is 7.33. The molecule has 0 aliphatic carbocycles. The molecule has 1 fully saturated rings. The Morgan fingerprint density at radius 1 is 1.17 bits per heavy atom. The molecule has 1 N–H and O–H groups in total. The molecule has 1 aliphatic heterocycles. The number of carbonyl (C=O) groups is 2. The van der Waals surface area contributed by atoms with E-state index in [1.807, 2.05) is 31.2 Å². The predicted molar refractivity (Wildman–Crippen MR) is 110 cm³/mol. The van der Waals surface area contributed by atoms with Gasteiger partial charge in [-0.1, -0.05) is 43.3 Å². The topological polar surface area (TPSA) is 58.6 Å². The summed E-state index contributed by atoms with van der Waals surface area (Å²) in [6, 6.07) is 14.0. The molecule has 29 heavy (non-hydrogen) atoms. The summed E-state index contributed by atoms with van der Waals surface area (Å²) in [5.74, 6) is -0.509. The molecule has 0 aromatic heterocycles. The molecular formula is C23H27FN2O3. The number of hydrogen-bond acceptors (Lipinski definition) is 3. The number of likely N-dealkylation sites (N-methyl/N-ethyl adjacent to an activating group) is 1. The summed E-state index contributed by atoms with van der Waals surface area (Å²) < 4.78 is 19.4. The summed E-state index contributed by atoms with van der Waals surface area (Å²) >= 11 is 0. The molecule has 2 aromatic carbocycles. The zero-order valence-electron chi connectivity index (χ0n) is 16.9. The summed E-state index contributed by atoms with van der Waals surface area (Å²) in [4.78, 5) is 27.1. The van der Waals surface area contributed by atoms with Gasteiger partial charge in [-0.15, -0.1) is 0 Å². The van der Waals surface area contributed by atoms with Crippen LogP contribution in [-0.4, -0.2) is 49.1 Å². The smallest absolute Gasteiger partial charge is 0.254 e. The molecule has 1 aliphatic rings. The average molecular weight is 398 g/mol. The first kappa shape index (κ1) is 21.0. The van der Waals surface area contributed by atoms with Crippen molar-refractivity contribution in [1.82, 2.24) is 10.2 Å². The van der Waals surface area contributed by atoms with Gasteiger partial charge in [-0.3, -0.25) is 9.59 Å². The van der Waals surface area contributed by atoms with Gasteiger partial charge in [-0.05, 0) is 35.2 Å². The van der Waals surface area contributed by atoms with Gasteiger partial charge in [-0.2, -0.15) is 0 Å². The van der Waals surface area contributed by atoms with E-state index in [9.17, 15) is 14.0 Å². The highest BCUT2D eigenvalue weighted by Crippen LogP contribution is 2.30. The van der Waals surface area contributed by atoms with Gasteiger partial charge >= 0.3 is 0 Å². The van der Waals surface area contributed by atoms with E-state index < -0.39 is 5.60 Å². The fourth-order valence-corrected chi connectivity index (χ4v) is 3.81. The zero-order chi connectivity index (χ0) is 20.9. The maximum Gasteiger partial charge on any atom is 0.254 e. The number of rotatable bonds is 6. The molecule has 3 rings (SSSR count). The lowest BCUT2D eigenvalue weighted by Gasteiger charge is -2.41. The highest BCUT2D eigenvalue weighted by Gasteiger charge is 2.44. The number of nitrogens with one attached hydrogen (secondary N) is 1. The summed E-state index contributed by atoms with van der Waals surface area (Å²) in [6.07, 6.45) is 1.53. The Balaban J connectivity index is 1.95. The maximum absolute atomic E-state index is 13.4. The third-order valence-corrected chi connectivity index (χ3v) is 5.29. The van der Waals surface area contributed by atoms with Crippen molar-refractivity contribution in [1.29, 1.82) is 0 Å². The summed E-state index contributed by atoms with van der Waals surface area (Å²) in [7, 11) is 1.58. The predicted octanol–water partition coefficient (Wildman–Crippen LogP) is 3.18. The largest absolute Gasteiger partial charge is 0.361 e. The molecular weight excluding hydrogens is 371 g/mol. The Kier molecular flexibility index (Phi) is 6.64. The van der Waals surface area contributed by atoms with Crippen LogP contribution in [0.1, 0.15) is 25.3 Å². The van der Waals surface area contributed by atoms with Crippen molar-refractivity contribution >= 4 is 11.8 Å². The quantitative estimate of drug-likeness (QED) is 0.813. The maximum atomic E-state index is 13.4. The third-order valence-electron chi connectivity index (χ3n) is 5.29. The van der Waals surface area contributed by atoms with E-state index in [0.717, 1.165) is 23.1 Å². The van der Waals surface area contributed by atoms with Crippen molar-refractivity contribution in [2.45, 2.75) is 31.8 Å². The van der Waals surface area contributed by atoms with Crippen molar-refractivity contribution in [3.05, 3.63) is 59.9 Å². The second-order valence-electron chi connectivity index (χ2n) is 7.33. The normalized spacial score (nSPS) is 19.1. The van der Waals surface area contributed by atoms with Crippen LogP contribution in [0.25, 0.3) is 11.1 Å². The number of halogens is 1. The highest BCUT2D eigenvalue weighted by molar-refractivity contribution is 5.87. The minimum Gasteiger partial charge on any atom is -0.361 e. The molecule has 2 amide bonds. The minimum absolute atomic E-state index is 0.0379. The van der Waals surface area contributed by atoms with Gasteiger partial charge in [0.2, 0.25) is 5.91 Å². The number of nitrogens with zero attached hydrogens (tertiary/aromatic N) is 1. The number of hydrogen-bond donors (Lipinski definition) is 1. The molecule has 5 nitrogen and oxygen atoms in total. The minimum atomic E-state index is -1.16. The lowest BCUT2D eigenvalue weighted by molar-refractivity contribution is -0.165. The second kappa shape index (κ2) is 9.18. The molecule has 154 valence electrons. The number of amides is 2. The lowest BCUT2D eigenvalue weighted by atomic mass is 9.87. The van der Waals surface area contributed by atoms with Gasteiger partial charge in [0.25, 0.3) is 5.91 Å². The van der Waals surface area contributed by atoms with E-state index in [4.69, 9.17) is 4.74 Å². The molecule has 0 saturated carbocycles. The molecule has 2 aromatic rings. The monoisotopic (exact) mass is 398 g/mol. The molecule has 0 bridgehead atoms. The molecule has 1 atom stereocenters. The highest BCUT2D eigenvalue weighted by atomic mass is 19.1. The van der Waals surface area contributed by atoms with Gasteiger partial charge in [0, 0.05) is 26.4 Å². The first-order valence-corrected chi connectivity index (χ1v) is 9.97. The van der Waals surface area contributed by atoms with Gasteiger partial charge in [0.1, 0.15) is 5.82 Å².